The van der Waals surface area contributed by atoms with Gasteiger partial charge in [-0.3, -0.25) is 4.79 Å². The van der Waals surface area contributed by atoms with Crippen LogP contribution in [0.25, 0.3) is 0 Å². The second kappa shape index (κ2) is 9.19. The number of aryl methyl sites for hydroxylation is 2. The van der Waals surface area contributed by atoms with Crippen molar-refractivity contribution in [1.82, 2.24) is 0 Å². The molecule has 0 saturated heterocycles. The molecule has 0 aliphatic heterocycles. The Balaban J connectivity index is 1.35. The molecule has 0 aromatic heterocycles. The van der Waals surface area contributed by atoms with E-state index in [1.54, 1.807) is 0 Å². The summed E-state index contributed by atoms with van der Waals surface area (Å²) in [5, 5.41) is 20.7. The SMILES string of the molecule is CC1(CCCCCCc2ccc(CCCCC3(OC=O)CC3)c(O)c2O)CC1. The van der Waals surface area contributed by atoms with E-state index in [9.17, 15) is 15.0 Å². The van der Waals surface area contributed by atoms with Crippen LogP contribution in [0, 0.1) is 5.41 Å². The first-order chi connectivity index (χ1) is 13.5. The molecule has 2 aliphatic rings. The van der Waals surface area contributed by atoms with Gasteiger partial charge in [0.2, 0.25) is 0 Å². The van der Waals surface area contributed by atoms with Crippen LogP contribution in [-0.2, 0) is 22.4 Å². The van der Waals surface area contributed by atoms with E-state index in [-0.39, 0.29) is 17.1 Å². The van der Waals surface area contributed by atoms with Crippen molar-refractivity contribution in [3.63, 3.8) is 0 Å². The smallest absolute Gasteiger partial charge is 0.293 e. The summed E-state index contributed by atoms with van der Waals surface area (Å²) in [7, 11) is 0. The summed E-state index contributed by atoms with van der Waals surface area (Å²) in [6, 6.07) is 3.92. The van der Waals surface area contributed by atoms with Crippen LogP contribution in [0.15, 0.2) is 12.1 Å². The lowest BCUT2D eigenvalue weighted by Crippen LogP contribution is -2.12. The van der Waals surface area contributed by atoms with E-state index in [0.717, 1.165) is 62.5 Å². The van der Waals surface area contributed by atoms with Crippen LogP contribution in [0.5, 0.6) is 11.5 Å². The maximum atomic E-state index is 10.5. The highest BCUT2D eigenvalue weighted by atomic mass is 16.5. The molecular weight excluding hydrogens is 352 g/mol. The largest absolute Gasteiger partial charge is 0.504 e. The van der Waals surface area contributed by atoms with Crippen LogP contribution in [0.4, 0.5) is 0 Å². The lowest BCUT2D eigenvalue weighted by molar-refractivity contribution is -0.135. The van der Waals surface area contributed by atoms with Crippen LogP contribution in [0.2, 0.25) is 0 Å². The van der Waals surface area contributed by atoms with Crippen molar-refractivity contribution in [2.24, 2.45) is 5.41 Å². The maximum absolute atomic E-state index is 10.5. The van der Waals surface area contributed by atoms with Crippen molar-refractivity contribution < 1.29 is 19.7 Å². The van der Waals surface area contributed by atoms with Gasteiger partial charge >= 0.3 is 0 Å². The maximum Gasteiger partial charge on any atom is 0.293 e. The summed E-state index contributed by atoms with van der Waals surface area (Å²) >= 11 is 0. The number of phenols is 2. The fourth-order valence-corrected chi connectivity index (χ4v) is 4.18. The molecule has 28 heavy (non-hydrogen) atoms. The number of hydrogen-bond acceptors (Lipinski definition) is 4. The molecule has 4 heteroatoms. The third kappa shape index (κ3) is 5.89. The average molecular weight is 389 g/mol. The first-order valence-corrected chi connectivity index (χ1v) is 11.1. The minimum absolute atomic E-state index is 0.0458. The third-order valence-corrected chi connectivity index (χ3v) is 6.83. The predicted molar refractivity (Wildman–Crippen MR) is 111 cm³/mol. The number of hydrogen-bond donors (Lipinski definition) is 2. The fraction of sp³-hybridized carbons (Fsp3) is 0.708. The van der Waals surface area contributed by atoms with E-state index in [1.165, 1.54) is 38.5 Å². The molecule has 2 saturated carbocycles. The Morgan fingerprint density at radius 3 is 1.93 bits per heavy atom. The zero-order valence-electron chi connectivity index (χ0n) is 17.3. The first-order valence-electron chi connectivity index (χ1n) is 11.1. The zero-order valence-corrected chi connectivity index (χ0v) is 17.3. The molecule has 156 valence electrons. The molecule has 0 unspecified atom stereocenters. The molecule has 0 bridgehead atoms. The fourth-order valence-electron chi connectivity index (χ4n) is 4.18. The van der Waals surface area contributed by atoms with Crippen LogP contribution >= 0.6 is 0 Å². The van der Waals surface area contributed by atoms with E-state index < -0.39 is 0 Å². The summed E-state index contributed by atoms with van der Waals surface area (Å²) in [5.41, 5.74) is 2.11. The molecule has 2 fully saturated rings. The molecule has 0 atom stereocenters. The molecular formula is C24H36O4. The number of benzene rings is 1. The van der Waals surface area contributed by atoms with Gasteiger partial charge < -0.3 is 14.9 Å². The van der Waals surface area contributed by atoms with Crippen LogP contribution < -0.4 is 0 Å². The van der Waals surface area contributed by atoms with Gasteiger partial charge in [0.1, 0.15) is 5.60 Å². The summed E-state index contributed by atoms with van der Waals surface area (Å²) in [6.07, 6.45) is 15.2. The second-order valence-electron chi connectivity index (χ2n) is 9.41. The minimum atomic E-state index is -0.202. The molecule has 2 aliphatic carbocycles. The molecule has 4 nitrogen and oxygen atoms in total. The molecule has 0 spiro atoms. The van der Waals surface area contributed by atoms with Crippen molar-refractivity contribution in [2.75, 3.05) is 0 Å². The average Bonchev–Trinajstić information content (AvgIpc) is 3.59. The van der Waals surface area contributed by atoms with Gasteiger partial charge in [0.05, 0.1) is 0 Å². The zero-order chi connectivity index (χ0) is 20.0. The van der Waals surface area contributed by atoms with Crippen molar-refractivity contribution in [1.29, 1.82) is 0 Å². The van der Waals surface area contributed by atoms with E-state index in [4.69, 9.17) is 4.74 Å². The first kappa shape index (κ1) is 21.0. The van der Waals surface area contributed by atoms with Gasteiger partial charge in [0.15, 0.2) is 11.5 Å². The van der Waals surface area contributed by atoms with Crippen LogP contribution in [0.1, 0.15) is 95.1 Å². The van der Waals surface area contributed by atoms with Crippen LogP contribution in [0.3, 0.4) is 0 Å². The number of ether oxygens (including phenoxy) is 1. The Morgan fingerprint density at radius 2 is 1.39 bits per heavy atom. The predicted octanol–water partition coefficient (Wildman–Crippen LogP) is 5.81. The van der Waals surface area contributed by atoms with E-state index in [2.05, 4.69) is 6.92 Å². The molecule has 0 radical (unpaired) electrons. The number of carbonyl (C=O) groups excluding carboxylic acids is 1. The second-order valence-corrected chi connectivity index (χ2v) is 9.41. The normalized spacial score (nSPS) is 18.6. The van der Waals surface area contributed by atoms with Crippen molar-refractivity contribution in [3.05, 3.63) is 23.3 Å². The molecule has 0 heterocycles. The molecule has 0 amide bonds. The number of phenolic OH excluding ortho intramolecular Hbond substituents is 2. The van der Waals surface area contributed by atoms with Gasteiger partial charge in [-0.05, 0) is 87.2 Å². The number of aromatic hydroxyl groups is 2. The highest BCUT2D eigenvalue weighted by molar-refractivity contribution is 5.50. The Kier molecular flexibility index (Phi) is 6.90. The highest BCUT2D eigenvalue weighted by Gasteiger charge is 2.44. The lowest BCUT2D eigenvalue weighted by atomic mass is 9.97. The van der Waals surface area contributed by atoms with E-state index in [1.807, 2.05) is 12.1 Å². The van der Waals surface area contributed by atoms with Crippen molar-refractivity contribution >= 4 is 6.47 Å². The minimum Gasteiger partial charge on any atom is -0.504 e. The summed E-state index contributed by atoms with van der Waals surface area (Å²) in [4.78, 5) is 10.5. The van der Waals surface area contributed by atoms with Gasteiger partial charge in [-0.2, -0.15) is 0 Å². The summed E-state index contributed by atoms with van der Waals surface area (Å²) < 4.78 is 5.16. The van der Waals surface area contributed by atoms with Gasteiger partial charge in [-0.15, -0.1) is 0 Å². The Bertz CT molecular complexity index is 659. The van der Waals surface area contributed by atoms with Crippen LogP contribution in [-0.4, -0.2) is 22.3 Å². The standard InChI is InChI=1S/C24H36O4/c1-23(14-15-23)12-6-3-2-4-8-19-10-11-20(22(27)21(19)26)9-5-7-13-24(16-17-24)28-18-25/h10-11,18,26-27H,2-9,12-17H2,1H3. The Labute approximate surface area is 169 Å². The highest BCUT2D eigenvalue weighted by Crippen LogP contribution is 2.49. The number of carbonyl (C=O) groups is 1. The van der Waals surface area contributed by atoms with Crippen molar-refractivity contribution in [3.8, 4) is 11.5 Å². The van der Waals surface area contributed by atoms with Gasteiger partial charge in [0, 0.05) is 0 Å². The van der Waals surface area contributed by atoms with E-state index >= 15 is 0 Å². The monoisotopic (exact) mass is 388 g/mol. The van der Waals surface area contributed by atoms with Gasteiger partial charge in [-0.25, -0.2) is 0 Å². The third-order valence-electron chi connectivity index (χ3n) is 6.83. The van der Waals surface area contributed by atoms with Crippen molar-refractivity contribution in [2.45, 2.75) is 102 Å². The quantitative estimate of drug-likeness (QED) is 0.240. The summed E-state index contributed by atoms with van der Waals surface area (Å²) in [5.74, 6) is 0.107. The lowest BCUT2D eigenvalue weighted by Gasteiger charge is -2.13. The molecule has 2 N–H and O–H groups in total. The topological polar surface area (TPSA) is 66.8 Å². The van der Waals surface area contributed by atoms with E-state index in [0.29, 0.717) is 11.9 Å². The van der Waals surface area contributed by atoms with Gasteiger partial charge in [0.25, 0.3) is 6.47 Å². The molecule has 1 aromatic rings. The molecule has 3 rings (SSSR count). The van der Waals surface area contributed by atoms with Gasteiger partial charge in [-0.1, -0.05) is 38.3 Å². The number of rotatable bonds is 14. The number of unbranched alkanes of at least 4 members (excludes halogenated alkanes) is 4. The Morgan fingerprint density at radius 1 is 0.857 bits per heavy atom. The Hall–Kier alpha value is -1.71. The molecule has 1 aromatic carbocycles. The summed E-state index contributed by atoms with van der Waals surface area (Å²) in [6.45, 7) is 2.95.